The quantitative estimate of drug-likeness (QED) is 0.765. The van der Waals surface area contributed by atoms with Crippen molar-refractivity contribution in [3.63, 3.8) is 0 Å². The number of aryl methyl sites for hydroxylation is 1. The second-order valence-corrected chi connectivity index (χ2v) is 6.81. The molecule has 0 atom stereocenters. The number of nitrogens with zero attached hydrogens (tertiary/aromatic N) is 2. The molecular formula is C12H22N4O3S. The second kappa shape index (κ2) is 5.80. The predicted molar refractivity (Wildman–Crippen MR) is 74.9 cm³/mol. The second-order valence-electron chi connectivity index (χ2n) is 5.16. The van der Waals surface area contributed by atoms with Crippen molar-refractivity contribution in [3.05, 3.63) is 11.4 Å². The first kappa shape index (κ1) is 15.4. The van der Waals surface area contributed by atoms with Gasteiger partial charge in [-0.15, -0.1) is 0 Å². The van der Waals surface area contributed by atoms with E-state index < -0.39 is 10.0 Å². The number of methoxy groups -OCH3 is 1. The molecule has 0 unspecified atom stereocenters. The highest BCUT2D eigenvalue weighted by atomic mass is 32.2. The van der Waals surface area contributed by atoms with E-state index >= 15 is 0 Å². The summed E-state index contributed by atoms with van der Waals surface area (Å²) in [5, 5.41) is 4.24. The van der Waals surface area contributed by atoms with Crippen molar-refractivity contribution < 1.29 is 13.2 Å². The summed E-state index contributed by atoms with van der Waals surface area (Å²) in [6.07, 6.45) is 1.58. The molecule has 1 aromatic rings. The molecule has 0 amide bonds. The summed E-state index contributed by atoms with van der Waals surface area (Å²) < 4.78 is 34.4. The van der Waals surface area contributed by atoms with Crippen LogP contribution >= 0.6 is 0 Å². The van der Waals surface area contributed by atoms with Crippen LogP contribution in [0.25, 0.3) is 0 Å². The van der Waals surface area contributed by atoms with Crippen LogP contribution in [0.1, 0.15) is 24.2 Å². The minimum Gasteiger partial charge on any atom is -0.381 e. The molecule has 0 radical (unpaired) electrons. The van der Waals surface area contributed by atoms with Gasteiger partial charge >= 0.3 is 0 Å². The van der Waals surface area contributed by atoms with Gasteiger partial charge in [-0.1, -0.05) is 0 Å². The molecule has 20 heavy (non-hydrogen) atoms. The van der Waals surface area contributed by atoms with Gasteiger partial charge in [0.25, 0.3) is 0 Å². The number of sulfonamides is 1. The molecule has 0 aromatic carbocycles. The zero-order valence-corrected chi connectivity index (χ0v) is 12.9. The first-order valence-electron chi connectivity index (χ1n) is 6.68. The van der Waals surface area contributed by atoms with E-state index in [0.29, 0.717) is 37.3 Å². The molecule has 1 saturated carbocycles. The molecular weight excluding hydrogens is 280 g/mol. The monoisotopic (exact) mass is 302 g/mol. The van der Waals surface area contributed by atoms with E-state index in [9.17, 15) is 8.42 Å². The number of nitrogens with one attached hydrogen (secondary N) is 1. The van der Waals surface area contributed by atoms with Gasteiger partial charge in [-0.05, 0) is 26.7 Å². The molecule has 1 fully saturated rings. The molecule has 0 bridgehead atoms. The van der Waals surface area contributed by atoms with Crippen molar-refractivity contribution in [2.45, 2.75) is 50.3 Å². The van der Waals surface area contributed by atoms with Gasteiger partial charge in [0.05, 0.1) is 24.0 Å². The minimum atomic E-state index is -3.54. The topological polar surface area (TPSA) is 99.2 Å². The van der Waals surface area contributed by atoms with Gasteiger partial charge in [0.15, 0.2) is 0 Å². The number of ether oxygens (including phenoxy) is 1. The van der Waals surface area contributed by atoms with Crippen molar-refractivity contribution in [1.29, 1.82) is 0 Å². The van der Waals surface area contributed by atoms with Gasteiger partial charge in [0.1, 0.15) is 4.90 Å². The Hall–Kier alpha value is -0.960. The highest BCUT2D eigenvalue weighted by molar-refractivity contribution is 7.89. The van der Waals surface area contributed by atoms with Crippen LogP contribution in [0.3, 0.4) is 0 Å². The maximum atomic E-state index is 12.5. The Morgan fingerprint density at radius 1 is 1.45 bits per heavy atom. The third kappa shape index (κ3) is 2.88. The fraction of sp³-hybridized carbons (Fsp3) is 0.750. The number of aromatic nitrogens is 2. The zero-order chi connectivity index (χ0) is 14.9. The maximum Gasteiger partial charge on any atom is 0.244 e. The van der Waals surface area contributed by atoms with Gasteiger partial charge in [0.2, 0.25) is 10.0 Å². The van der Waals surface area contributed by atoms with Gasteiger partial charge in [-0.25, -0.2) is 13.1 Å². The summed E-state index contributed by atoms with van der Waals surface area (Å²) in [6, 6.07) is -0.0541. The maximum absolute atomic E-state index is 12.5. The summed E-state index contributed by atoms with van der Waals surface area (Å²) in [5.74, 6) is 0. The van der Waals surface area contributed by atoms with E-state index in [1.54, 1.807) is 25.6 Å². The van der Waals surface area contributed by atoms with Crippen molar-refractivity contribution in [2.24, 2.45) is 5.73 Å². The van der Waals surface area contributed by atoms with E-state index in [1.807, 2.05) is 0 Å². The molecule has 3 N–H and O–H groups in total. The summed E-state index contributed by atoms with van der Waals surface area (Å²) in [5.41, 5.74) is 6.63. The first-order chi connectivity index (χ1) is 9.39. The van der Waals surface area contributed by atoms with Gasteiger partial charge in [-0.2, -0.15) is 5.10 Å². The summed E-state index contributed by atoms with van der Waals surface area (Å²) >= 11 is 0. The molecule has 0 aliphatic heterocycles. The lowest BCUT2D eigenvalue weighted by Crippen LogP contribution is -2.47. The number of nitrogens with two attached hydrogens (primary N) is 1. The van der Waals surface area contributed by atoms with Crippen LogP contribution in [-0.2, 0) is 21.3 Å². The van der Waals surface area contributed by atoms with E-state index in [1.165, 1.54) is 0 Å². The third-order valence-electron chi connectivity index (χ3n) is 3.67. The van der Waals surface area contributed by atoms with Gasteiger partial charge < -0.3 is 10.5 Å². The molecule has 0 saturated heterocycles. The van der Waals surface area contributed by atoms with Crippen molar-refractivity contribution in [3.8, 4) is 0 Å². The highest BCUT2D eigenvalue weighted by Gasteiger charge is 2.34. The Morgan fingerprint density at radius 3 is 2.65 bits per heavy atom. The average molecular weight is 302 g/mol. The fourth-order valence-electron chi connectivity index (χ4n) is 2.54. The zero-order valence-electron chi connectivity index (χ0n) is 12.1. The summed E-state index contributed by atoms with van der Waals surface area (Å²) in [4.78, 5) is 0.270. The van der Waals surface area contributed by atoms with E-state index in [2.05, 4.69) is 9.82 Å². The lowest BCUT2D eigenvalue weighted by Gasteiger charge is -2.34. The van der Waals surface area contributed by atoms with Crippen molar-refractivity contribution in [1.82, 2.24) is 14.5 Å². The average Bonchev–Trinajstić information content (AvgIpc) is 2.59. The van der Waals surface area contributed by atoms with Crippen LogP contribution in [0.5, 0.6) is 0 Å². The Balaban J connectivity index is 2.17. The summed E-state index contributed by atoms with van der Waals surface area (Å²) in [7, 11) is -1.90. The molecule has 0 spiro atoms. The largest absolute Gasteiger partial charge is 0.381 e. The predicted octanol–water partition coefficient (Wildman–Crippen LogP) is -0.0857. The first-order valence-corrected chi connectivity index (χ1v) is 8.16. The van der Waals surface area contributed by atoms with E-state index in [-0.39, 0.29) is 17.0 Å². The molecule has 1 aromatic heterocycles. The van der Waals surface area contributed by atoms with Crippen molar-refractivity contribution in [2.75, 3.05) is 13.7 Å². The van der Waals surface area contributed by atoms with Crippen LogP contribution < -0.4 is 10.5 Å². The molecule has 114 valence electrons. The smallest absolute Gasteiger partial charge is 0.244 e. The van der Waals surface area contributed by atoms with Crippen molar-refractivity contribution >= 4 is 10.0 Å². The molecule has 1 aliphatic rings. The molecule has 7 nitrogen and oxygen atoms in total. The molecule has 8 heteroatoms. The fourth-order valence-corrected chi connectivity index (χ4v) is 4.22. The lowest BCUT2D eigenvalue weighted by atomic mass is 9.90. The molecule has 1 heterocycles. The SMILES string of the molecule is COC1CC(NS(=O)(=O)c2c(C)nn(CCN)c2C)C1. The molecule has 1 aliphatic carbocycles. The normalized spacial score (nSPS) is 22.8. The Labute approximate surface area is 119 Å². The number of hydrogen-bond acceptors (Lipinski definition) is 5. The Bertz CT molecular complexity index is 576. The standard InChI is InChI=1S/C12H22N4O3S/c1-8-12(9(2)16(14-8)5-4-13)20(17,18)15-10-6-11(7-10)19-3/h10-11,15H,4-7,13H2,1-3H3. The third-order valence-corrected chi connectivity index (χ3v) is 5.45. The van der Waals surface area contributed by atoms with Crippen LogP contribution in [-0.4, -0.2) is 44.0 Å². The Morgan fingerprint density at radius 2 is 2.10 bits per heavy atom. The van der Waals surface area contributed by atoms with Gasteiger partial charge in [0, 0.05) is 19.7 Å². The van der Waals surface area contributed by atoms with Gasteiger partial charge in [-0.3, -0.25) is 4.68 Å². The van der Waals surface area contributed by atoms with Crippen LogP contribution in [0.4, 0.5) is 0 Å². The highest BCUT2D eigenvalue weighted by Crippen LogP contribution is 2.26. The minimum absolute atomic E-state index is 0.0541. The lowest BCUT2D eigenvalue weighted by molar-refractivity contribution is 0.0236. The Kier molecular flexibility index (Phi) is 4.48. The number of rotatable bonds is 6. The van der Waals surface area contributed by atoms with Crippen LogP contribution in [0, 0.1) is 13.8 Å². The van der Waals surface area contributed by atoms with E-state index in [0.717, 1.165) is 0 Å². The molecule has 2 rings (SSSR count). The van der Waals surface area contributed by atoms with Crippen LogP contribution in [0.15, 0.2) is 4.90 Å². The van der Waals surface area contributed by atoms with E-state index in [4.69, 9.17) is 10.5 Å². The van der Waals surface area contributed by atoms with Crippen LogP contribution in [0.2, 0.25) is 0 Å². The summed E-state index contributed by atoms with van der Waals surface area (Å²) in [6.45, 7) is 4.39. The number of hydrogen-bond donors (Lipinski definition) is 2.